The Balaban J connectivity index is 2.07. The summed E-state index contributed by atoms with van der Waals surface area (Å²) in [6.07, 6.45) is 9.08. The average molecular weight is 386 g/mol. The fourth-order valence-corrected chi connectivity index (χ4v) is 2.99. The molecule has 0 saturated heterocycles. The zero-order valence-corrected chi connectivity index (χ0v) is 16.4. The van der Waals surface area contributed by atoms with Crippen LogP contribution < -0.4 is 0 Å². The van der Waals surface area contributed by atoms with Crippen LogP contribution in [-0.2, 0) is 24.8 Å². The maximum atomic E-state index is 12.3. The molecule has 2 N–H and O–H groups in total. The van der Waals surface area contributed by atoms with Gasteiger partial charge in [0.15, 0.2) is 0 Å². The van der Waals surface area contributed by atoms with Crippen molar-refractivity contribution in [1.82, 2.24) is 0 Å². The van der Waals surface area contributed by atoms with E-state index in [1.807, 2.05) is 13.0 Å². The van der Waals surface area contributed by atoms with E-state index in [1.54, 1.807) is 13.0 Å². The Hall–Kier alpha value is -2.86. The van der Waals surface area contributed by atoms with E-state index in [9.17, 15) is 19.8 Å². The molecule has 6 nitrogen and oxygen atoms in total. The van der Waals surface area contributed by atoms with Crippen molar-refractivity contribution >= 4 is 12.3 Å². The van der Waals surface area contributed by atoms with Crippen molar-refractivity contribution in [3.8, 4) is 11.5 Å². The van der Waals surface area contributed by atoms with Crippen molar-refractivity contribution in [2.45, 2.75) is 45.3 Å². The number of benzene rings is 1. The van der Waals surface area contributed by atoms with Gasteiger partial charge in [-0.3, -0.25) is 4.79 Å². The molecule has 1 aliphatic rings. The third-order valence-corrected chi connectivity index (χ3v) is 4.63. The van der Waals surface area contributed by atoms with E-state index >= 15 is 0 Å². The fraction of sp³-hybridized carbons (Fsp3) is 0.364. The number of hydrogen-bond donors (Lipinski definition) is 2. The Morgan fingerprint density at radius 3 is 2.64 bits per heavy atom. The molecule has 0 aromatic heterocycles. The number of phenols is 2. The smallest absolute Gasteiger partial charge is 0.336 e. The minimum Gasteiger partial charge on any atom is -0.508 e. The first kappa shape index (κ1) is 21.4. The molecular formula is C22H26O6. The highest BCUT2D eigenvalue weighted by molar-refractivity contribution is 5.91. The number of esters is 1. The molecule has 1 heterocycles. The van der Waals surface area contributed by atoms with Crippen LogP contribution in [0.4, 0.5) is 0 Å². The van der Waals surface area contributed by atoms with Gasteiger partial charge in [0.1, 0.15) is 17.8 Å². The summed E-state index contributed by atoms with van der Waals surface area (Å²) in [5.74, 6) is -2.27. The van der Waals surface area contributed by atoms with Crippen LogP contribution in [0.5, 0.6) is 11.5 Å². The van der Waals surface area contributed by atoms with E-state index in [0.29, 0.717) is 18.4 Å². The van der Waals surface area contributed by atoms with E-state index in [2.05, 4.69) is 6.08 Å². The SMILES string of the molecule is CO[C@@]1(c2cc(O)ccc2O)C=C(CC/C=C(\C)CC/C=C(\C)C=O)C(=O)O1. The number of methoxy groups -OCH3 is 1. The van der Waals surface area contributed by atoms with Gasteiger partial charge in [-0.15, -0.1) is 0 Å². The summed E-state index contributed by atoms with van der Waals surface area (Å²) in [5.41, 5.74) is 2.51. The van der Waals surface area contributed by atoms with Gasteiger partial charge < -0.3 is 19.7 Å². The Labute approximate surface area is 164 Å². The molecule has 0 amide bonds. The van der Waals surface area contributed by atoms with E-state index in [4.69, 9.17) is 9.47 Å². The van der Waals surface area contributed by atoms with E-state index < -0.39 is 11.8 Å². The van der Waals surface area contributed by atoms with Crippen molar-refractivity contribution < 1.29 is 29.3 Å². The molecule has 0 aliphatic carbocycles. The van der Waals surface area contributed by atoms with Gasteiger partial charge in [-0.1, -0.05) is 17.7 Å². The Kier molecular flexibility index (Phi) is 7.18. The maximum absolute atomic E-state index is 12.3. The standard InChI is InChI=1S/C22H26O6/c1-15(6-4-8-16(2)14-23)7-5-9-17-13-22(27-3,28-21(17)26)19-12-18(24)10-11-20(19)25/h7-8,10-14,24-25H,4-6,9H2,1-3H3/b15-7+,16-8+/t22-/m0/s1. The van der Waals surface area contributed by atoms with Crippen molar-refractivity contribution in [2.24, 2.45) is 0 Å². The van der Waals surface area contributed by atoms with E-state index in [0.717, 1.165) is 24.7 Å². The molecule has 2 rings (SSSR count). The summed E-state index contributed by atoms with van der Waals surface area (Å²) >= 11 is 0. The molecule has 1 aromatic carbocycles. The lowest BCUT2D eigenvalue weighted by Crippen LogP contribution is -2.27. The lowest BCUT2D eigenvalue weighted by molar-refractivity contribution is -0.193. The number of ether oxygens (including phenoxy) is 2. The van der Waals surface area contributed by atoms with Crippen LogP contribution in [0, 0.1) is 0 Å². The van der Waals surface area contributed by atoms with Crippen molar-refractivity contribution in [2.75, 3.05) is 7.11 Å². The lowest BCUT2D eigenvalue weighted by Gasteiger charge is -2.25. The first-order chi connectivity index (χ1) is 13.3. The fourth-order valence-electron chi connectivity index (χ4n) is 2.99. The second kappa shape index (κ2) is 9.37. The molecule has 0 radical (unpaired) electrons. The van der Waals surface area contributed by atoms with Crippen LogP contribution in [0.15, 0.2) is 53.1 Å². The summed E-state index contributed by atoms with van der Waals surface area (Å²) in [6, 6.07) is 3.96. The number of aromatic hydroxyl groups is 2. The van der Waals surface area contributed by atoms with Crippen molar-refractivity contribution in [1.29, 1.82) is 0 Å². The molecule has 0 saturated carbocycles. The van der Waals surface area contributed by atoms with E-state index in [1.165, 1.54) is 30.9 Å². The van der Waals surface area contributed by atoms with Gasteiger partial charge in [0.2, 0.25) is 0 Å². The Morgan fingerprint density at radius 2 is 1.96 bits per heavy atom. The third kappa shape index (κ3) is 5.10. The van der Waals surface area contributed by atoms with Gasteiger partial charge in [0, 0.05) is 18.8 Å². The van der Waals surface area contributed by atoms with Gasteiger partial charge in [-0.2, -0.15) is 0 Å². The number of carbonyl (C=O) groups excluding carboxylic acids is 2. The Morgan fingerprint density at radius 1 is 1.21 bits per heavy atom. The van der Waals surface area contributed by atoms with Crippen LogP contribution in [0.2, 0.25) is 0 Å². The summed E-state index contributed by atoms with van der Waals surface area (Å²) < 4.78 is 10.8. The average Bonchev–Trinajstić information content (AvgIpc) is 3.00. The predicted octanol–water partition coefficient (Wildman–Crippen LogP) is 4.03. The molecule has 0 bridgehead atoms. The number of rotatable bonds is 9. The minimum atomic E-state index is -1.55. The third-order valence-electron chi connectivity index (χ3n) is 4.63. The van der Waals surface area contributed by atoms with Gasteiger partial charge in [-0.05, 0) is 63.3 Å². The summed E-state index contributed by atoms with van der Waals surface area (Å²) in [7, 11) is 1.37. The van der Waals surface area contributed by atoms with Crippen LogP contribution in [0.3, 0.4) is 0 Å². The predicted molar refractivity (Wildman–Crippen MR) is 105 cm³/mol. The summed E-state index contributed by atoms with van der Waals surface area (Å²) in [6.45, 7) is 3.78. The number of cyclic esters (lactones) is 1. The molecule has 6 heteroatoms. The highest BCUT2D eigenvalue weighted by Crippen LogP contribution is 2.42. The summed E-state index contributed by atoms with van der Waals surface area (Å²) in [5, 5.41) is 19.8. The molecule has 0 fully saturated rings. The number of aldehydes is 1. The van der Waals surface area contributed by atoms with Crippen LogP contribution in [0.1, 0.15) is 45.1 Å². The topological polar surface area (TPSA) is 93.1 Å². The van der Waals surface area contributed by atoms with Crippen molar-refractivity contribution in [3.05, 3.63) is 58.7 Å². The number of phenolic OH excluding ortho intramolecular Hbond substituents is 2. The normalized spacial score (nSPS) is 20.1. The van der Waals surface area contributed by atoms with Crippen molar-refractivity contribution in [3.63, 3.8) is 0 Å². The molecule has 28 heavy (non-hydrogen) atoms. The van der Waals surface area contributed by atoms with Crippen LogP contribution >= 0.6 is 0 Å². The second-order valence-electron chi connectivity index (χ2n) is 6.83. The molecule has 0 spiro atoms. The van der Waals surface area contributed by atoms with Gasteiger partial charge >= 0.3 is 5.97 Å². The van der Waals surface area contributed by atoms with E-state index in [-0.39, 0.29) is 17.1 Å². The highest BCUT2D eigenvalue weighted by atomic mass is 16.7. The molecular weight excluding hydrogens is 360 g/mol. The lowest BCUT2D eigenvalue weighted by atomic mass is 10.0. The van der Waals surface area contributed by atoms with Gasteiger partial charge in [-0.25, -0.2) is 4.79 Å². The molecule has 1 atom stereocenters. The molecule has 1 aromatic rings. The number of carbonyl (C=O) groups is 2. The largest absolute Gasteiger partial charge is 0.508 e. The summed E-state index contributed by atoms with van der Waals surface area (Å²) in [4.78, 5) is 22.9. The minimum absolute atomic E-state index is 0.0699. The highest BCUT2D eigenvalue weighted by Gasteiger charge is 2.43. The first-order valence-corrected chi connectivity index (χ1v) is 9.11. The van der Waals surface area contributed by atoms with Gasteiger partial charge in [0.05, 0.1) is 5.56 Å². The number of hydrogen-bond acceptors (Lipinski definition) is 6. The molecule has 1 aliphatic heterocycles. The van der Waals surface area contributed by atoms with Gasteiger partial charge in [0.25, 0.3) is 5.79 Å². The molecule has 150 valence electrons. The van der Waals surface area contributed by atoms with Crippen LogP contribution in [0.25, 0.3) is 0 Å². The zero-order valence-electron chi connectivity index (χ0n) is 16.4. The first-order valence-electron chi connectivity index (χ1n) is 9.11. The maximum Gasteiger partial charge on any atom is 0.336 e. The number of allylic oxidation sites excluding steroid dienone is 4. The molecule has 0 unspecified atom stereocenters. The second-order valence-corrected chi connectivity index (χ2v) is 6.83. The van der Waals surface area contributed by atoms with Crippen LogP contribution in [-0.4, -0.2) is 29.6 Å². The zero-order chi connectivity index (χ0) is 20.7. The Bertz CT molecular complexity index is 833. The quantitative estimate of drug-likeness (QED) is 0.219. The monoisotopic (exact) mass is 386 g/mol.